The lowest BCUT2D eigenvalue weighted by molar-refractivity contribution is 0.304. The minimum atomic E-state index is -0.184. The zero-order valence-corrected chi connectivity index (χ0v) is 16.6. The van der Waals surface area contributed by atoms with Crippen molar-refractivity contribution in [2.24, 2.45) is 18.9 Å². The summed E-state index contributed by atoms with van der Waals surface area (Å²) in [6.07, 6.45) is 3.49. The monoisotopic (exact) mass is 368 g/mol. The number of likely N-dealkylation sites (tertiary alicyclic amines) is 1. The van der Waals surface area contributed by atoms with Gasteiger partial charge in [0, 0.05) is 57.4 Å². The molecule has 0 radical (unpaired) electrons. The maximum atomic E-state index is 11.7. The van der Waals surface area contributed by atoms with Gasteiger partial charge in [0.1, 0.15) is 12.1 Å². The Morgan fingerprint density at radius 1 is 1.11 bits per heavy atom. The third kappa shape index (κ3) is 3.74. The van der Waals surface area contributed by atoms with E-state index >= 15 is 0 Å². The highest BCUT2D eigenvalue weighted by molar-refractivity contribution is 5.42. The molecule has 2 aliphatic rings. The van der Waals surface area contributed by atoms with E-state index in [0.29, 0.717) is 11.8 Å². The van der Waals surface area contributed by atoms with Crippen LogP contribution in [0.25, 0.3) is 0 Å². The van der Waals surface area contributed by atoms with Crippen LogP contribution >= 0.6 is 0 Å². The summed E-state index contributed by atoms with van der Waals surface area (Å²) in [6.45, 7) is 11.5. The number of hydrogen-bond donors (Lipinski definition) is 0. The second-order valence-corrected chi connectivity index (χ2v) is 8.94. The fourth-order valence-electron chi connectivity index (χ4n) is 4.15. The fourth-order valence-corrected chi connectivity index (χ4v) is 4.15. The van der Waals surface area contributed by atoms with Gasteiger partial charge >= 0.3 is 5.69 Å². The zero-order chi connectivity index (χ0) is 19.2. The van der Waals surface area contributed by atoms with Gasteiger partial charge in [0.25, 0.3) is 0 Å². The number of aryl methyl sites for hydroxylation is 1. The maximum absolute atomic E-state index is 11.7. The first-order valence-corrected chi connectivity index (χ1v) is 9.62. The van der Waals surface area contributed by atoms with Gasteiger partial charge in [-0.25, -0.2) is 14.8 Å². The second-order valence-electron chi connectivity index (χ2n) is 8.94. The molecule has 2 saturated heterocycles. The van der Waals surface area contributed by atoms with Gasteiger partial charge < -0.3 is 9.47 Å². The molecule has 0 N–H and O–H groups in total. The third-order valence-electron chi connectivity index (χ3n) is 5.72. The molecule has 4 heterocycles. The smallest absolute Gasteiger partial charge is 0.347 e. The topological polar surface area (TPSA) is 67.2 Å². The summed E-state index contributed by atoms with van der Waals surface area (Å²) in [5.74, 6) is 2.33. The molecule has 2 fully saturated rings. The van der Waals surface area contributed by atoms with Gasteiger partial charge in [0.2, 0.25) is 0 Å². The van der Waals surface area contributed by atoms with Crippen LogP contribution in [0.5, 0.6) is 0 Å². The second kappa shape index (κ2) is 6.71. The highest BCUT2D eigenvalue weighted by Gasteiger charge is 2.40. The number of fused-ring (bicyclic) bond motifs is 1. The summed E-state index contributed by atoms with van der Waals surface area (Å²) >= 11 is 0. The van der Waals surface area contributed by atoms with Crippen LogP contribution in [0.3, 0.4) is 0 Å². The Kier molecular flexibility index (Phi) is 4.50. The summed E-state index contributed by atoms with van der Waals surface area (Å²) in [7, 11) is 1.73. The van der Waals surface area contributed by atoms with Crippen LogP contribution < -0.4 is 10.6 Å². The van der Waals surface area contributed by atoms with Crippen LogP contribution in [0.2, 0.25) is 0 Å². The largest absolute Gasteiger partial charge is 0.356 e. The molecule has 0 amide bonds. The molecule has 2 aromatic rings. The highest BCUT2D eigenvalue weighted by Crippen LogP contribution is 2.34. The van der Waals surface area contributed by atoms with Crippen molar-refractivity contribution >= 4 is 5.82 Å². The summed E-state index contributed by atoms with van der Waals surface area (Å²) in [5.41, 5.74) is 1.80. The molecular weight excluding hydrogens is 340 g/mol. The molecule has 144 valence electrons. The van der Waals surface area contributed by atoms with E-state index in [1.54, 1.807) is 19.6 Å². The Balaban J connectivity index is 1.40. The molecule has 0 aliphatic carbocycles. The Morgan fingerprint density at radius 2 is 1.81 bits per heavy atom. The van der Waals surface area contributed by atoms with Crippen molar-refractivity contribution in [1.82, 2.24) is 24.4 Å². The third-order valence-corrected chi connectivity index (χ3v) is 5.72. The number of nitrogens with zero attached hydrogens (tertiary/aromatic N) is 6. The molecule has 4 rings (SSSR count). The number of anilines is 1. The maximum Gasteiger partial charge on any atom is 0.347 e. The van der Waals surface area contributed by atoms with Crippen molar-refractivity contribution < 1.29 is 0 Å². The van der Waals surface area contributed by atoms with Gasteiger partial charge in [0.15, 0.2) is 0 Å². The van der Waals surface area contributed by atoms with E-state index in [9.17, 15) is 4.79 Å². The van der Waals surface area contributed by atoms with Gasteiger partial charge in [-0.2, -0.15) is 4.98 Å². The zero-order valence-electron chi connectivity index (χ0n) is 16.6. The first-order valence-electron chi connectivity index (χ1n) is 9.62. The SMILES string of the molecule is Cn1ccc(CN2CC3CN(c4cc(C(C)(C)C)ncn4)CC3C2)nc1=O. The van der Waals surface area contributed by atoms with Crippen LogP contribution in [-0.4, -0.2) is 50.6 Å². The Hall–Kier alpha value is -2.28. The van der Waals surface area contributed by atoms with Crippen LogP contribution in [-0.2, 0) is 19.0 Å². The standard InChI is InChI=1S/C20H28N6O/c1-20(2,3)17-7-18(22-13-21-17)26-10-14-8-25(9-15(14)11-26)12-16-5-6-24(4)19(27)23-16/h5-7,13-15H,8-12H2,1-4H3. The average molecular weight is 368 g/mol. The van der Waals surface area contributed by atoms with Crippen molar-refractivity contribution in [1.29, 1.82) is 0 Å². The Labute approximate surface area is 160 Å². The summed E-state index contributed by atoms with van der Waals surface area (Å²) in [6, 6.07) is 4.08. The van der Waals surface area contributed by atoms with E-state index in [4.69, 9.17) is 0 Å². The summed E-state index contributed by atoms with van der Waals surface area (Å²) in [5, 5.41) is 0. The van der Waals surface area contributed by atoms with E-state index in [1.807, 2.05) is 6.07 Å². The molecule has 27 heavy (non-hydrogen) atoms. The highest BCUT2D eigenvalue weighted by atomic mass is 16.1. The average Bonchev–Trinajstić information content (AvgIpc) is 3.16. The van der Waals surface area contributed by atoms with E-state index in [1.165, 1.54) is 4.57 Å². The molecule has 2 aliphatic heterocycles. The van der Waals surface area contributed by atoms with Gasteiger partial charge in [-0.15, -0.1) is 0 Å². The van der Waals surface area contributed by atoms with Crippen molar-refractivity contribution in [3.05, 3.63) is 46.5 Å². The summed E-state index contributed by atoms with van der Waals surface area (Å²) in [4.78, 5) is 29.7. The first-order chi connectivity index (χ1) is 12.8. The molecule has 0 bridgehead atoms. The Bertz CT molecular complexity index is 873. The predicted octanol–water partition coefficient (Wildman–Crippen LogP) is 1.44. The number of hydrogen-bond acceptors (Lipinski definition) is 6. The van der Waals surface area contributed by atoms with Gasteiger partial charge in [0.05, 0.1) is 11.4 Å². The molecule has 0 spiro atoms. The molecule has 0 saturated carbocycles. The molecular formula is C20H28N6O. The van der Waals surface area contributed by atoms with E-state index < -0.39 is 0 Å². The van der Waals surface area contributed by atoms with E-state index in [2.05, 4.69) is 51.6 Å². The first kappa shape index (κ1) is 18.1. The predicted molar refractivity (Wildman–Crippen MR) is 105 cm³/mol. The van der Waals surface area contributed by atoms with Crippen LogP contribution in [0.1, 0.15) is 32.2 Å². The van der Waals surface area contributed by atoms with Crippen molar-refractivity contribution in [2.75, 3.05) is 31.1 Å². The lowest BCUT2D eigenvalue weighted by Gasteiger charge is -2.24. The van der Waals surface area contributed by atoms with Crippen molar-refractivity contribution in [3.63, 3.8) is 0 Å². The molecule has 7 nitrogen and oxygen atoms in total. The molecule has 2 unspecified atom stereocenters. The van der Waals surface area contributed by atoms with Gasteiger partial charge in [-0.1, -0.05) is 20.8 Å². The number of rotatable bonds is 3. The van der Waals surface area contributed by atoms with E-state index in [-0.39, 0.29) is 11.1 Å². The lowest BCUT2D eigenvalue weighted by atomic mass is 9.92. The van der Waals surface area contributed by atoms with Crippen LogP contribution in [0.15, 0.2) is 29.5 Å². The summed E-state index contributed by atoms with van der Waals surface area (Å²) < 4.78 is 1.51. The molecule has 2 aromatic heterocycles. The minimum absolute atomic E-state index is 0.0316. The van der Waals surface area contributed by atoms with Gasteiger partial charge in [-0.3, -0.25) is 4.90 Å². The lowest BCUT2D eigenvalue weighted by Crippen LogP contribution is -2.30. The number of aromatic nitrogens is 4. The fraction of sp³-hybridized carbons (Fsp3) is 0.600. The molecule has 2 atom stereocenters. The van der Waals surface area contributed by atoms with Crippen molar-refractivity contribution in [2.45, 2.75) is 32.7 Å². The quantitative estimate of drug-likeness (QED) is 0.817. The van der Waals surface area contributed by atoms with Crippen LogP contribution in [0.4, 0.5) is 5.82 Å². The minimum Gasteiger partial charge on any atom is -0.356 e. The van der Waals surface area contributed by atoms with Crippen LogP contribution in [0, 0.1) is 11.8 Å². The van der Waals surface area contributed by atoms with Gasteiger partial charge in [-0.05, 0) is 17.9 Å². The molecule has 7 heteroatoms. The molecule has 0 aromatic carbocycles. The van der Waals surface area contributed by atoms with Crippen molar-refractivity contribution in [3.8, 4) is 0 Å². The normalized spacial score (nSPS) is 23.0. The Morgan fingerprint density at radius 3 is 2.44 bits per heavy atom. The van der Waals surface area contributed by atoms with E-state index in [0.717, 1.165) is 49.9 Å².